The molecule has 0 saturated carbocycles. The Morgan fingerprint density at radius 3 is 3.00 bits per heavy atom. The SMILES string of the molecule is CCCc1ccc2nc(C)cn2n1. The largest absolute Gasteiger partial charge is 0.232 e. The molecule has 0 N–H and O–H groups in total. The molecule has 0 spiro atoms. The average molecular weight is 175 g/mol. The number of hydrogen-bond acceptors (Lipinski definition) is 2. The highest BCUT2D eigenvalue weighted by Crippen LogP contribution is 2.05. The van der Waals surface area contributed by atoms with E-state index in [1.165, 1.54) is 0 Å². The van der Waals surface area contributed by atoms with Gasteiger partial charge in [-0.1, -0.05) is 13.3 Å². The van der Waals surface area contributed by atoms with E-state index >= 15 is 0 Å². The normalized spacial score (nSPS) is 10.9. The summed E-state index contributed by atoms with van der Waals surface area (Å²) in [5.74, 6) is 0. The van der Waals surface area contributed by atoms with Crippen molar-refractivity contribution in [3.05, 3.63) is 29.7 Å². The molecule has 2 heterocycles. The first-order chi connectivity index (χ1) is 6.29. The summed E-state index contributed by atoms with van der Waals surface area (Å²) < 4.78 is 1.85. The number of fused-ring (bicyclic) bond motifs is 1. The summed E-state index contributed by atoms with van der Waals surface area (Å²) in [7, 11) is 0. The van der Waals surface area contributed by atoms with Gasteiger partial charge < -0.3 is 0 Å². The first-order valence-electron chi connectivity index (χ1n) is 4.61. The molecule has 3 nitrogen and oxygen atoms in total. The Labute approximate surface area is 77.4 Å². The van der Waals surface area contributed by atoms with Crippen molar-refractivity contribution in [2.75, 3.05) is 0 Å². The van der Waals surface area contributed by atoms with Crippen LogP contribution in [-0.2, 0) is 6.42 Å². The summed E-state index contributed by atoms with van der Waals surface area (Å²) >= 11 is 0. The smallest absolute Gasteiger partial charge is 0.153 e. The van der Waals surface area contributed by atoms with Crippen molar-refractivity contribution in [1.82, 2.24) is 14.6 Å². The zero-order valence-corrected chi connectivity index (χ0v) is 7.99. The highest BCUT2D eigenvalue weighted by Gasteiger charge is 1.99. The number of imidazole rings is 1. The summed E-state index contributed by atoms with van der Waals surface area (Å²) in [5.41, 5.74) is 3.07. The summed E-state index contributed by atoms with van der Waals surface area (Å²) in [4.78, 5) is 4.31. The van der Waals surface area contributed by atoms with Crippen LogP contribution in [0.15, 0.2) is 18.3 Å². The predicted octanol–water partition coefficient (Wildman–Crippen LogP) is 1.99. The molecule has 0 radical (unpaired) electrons. The molecular formula is C10H13N3. The maximum Gasteiger partial charge on any atom is 0.153 e. The summed E-state index contributed by atoms with van der Waals surface area (Å²) in [6.45, 7) is 4.14. The Kier molecular flexibility index (Phi) is 2.00. The molecule has 2 rings (SSSR count). The molecule has 2 aromatic rings. The van der Waals surface area contributed by atoms with Crippen LogP contribution >= 0.6 is 0 Å². The van der Waals surface area contributed by atoms with E-state index in [0.29, 0.717) is 0 Å². The third-order valence-corrected chi connectivity index (χ3v) is 2.00. The van der Waals surface area contributed by atoms with Crippen LogP contribution in [0.2, 0.25) is 0 Å². The van der Waals surface area contributed by atoms with Gasteiger partial charge in [0, 0.05) is 0 Å². The van der Waals surface area contributed by atoms with Crippen LogP contribution in [0.3, 0.4) is 0 Å². The van der Waals surface area contributed by atoms with Crippen LogP contribution in [0, 0.1) is 6.92 Å². The van der Waals surface area contributed by atoms with Crippen LogP contribution in [0.4, 0.5) is 0 Å². The standard InChI is InChI=1S/C10H13N3/c1-3-4-9-5-6-10-11-8(2)7-13(10)12-9/h5-7H,3-4H2,1-2H3. The minimum Gasteiger partial charge on any atom is -0.232 e. The van der Waals surface area contributed by atoms with Crippen LogP contribution in [0.1, 0.15) is 24.7 Å². The van der Waals surface area contributed by atoms with Crippen molar-refractivity contribution < 1.29 is 0 Å². The molecule has 0 bridgehead atoms. The summed E-state index contributed by atoms with van der Waals surface area (Å²) in [6.07, 6.45) is 4.12. The van der Waals surface area contributed by atoms with Crippen molar-refractivity contribution in [3.8, 4) is 0 Å². The van der Waals surface area contributed by atoms with Gasteiger partial charge >= 0.3 is 0 Å². The second kappa shape index (κ2) is 3.17. The number of aromatic nitrogens is 3. The highest BCUT2D eigenvalue weighted by atomic mass is 15.2. The van der Waals surface area contributed by atoms with E-state index in [0.717, 1.165) is 29.9 Å². The molecule has 0 aliphatic rings. The molecular weight excluding hydrogens is 162 g/mol. The predicted molar refractivity (Wildman–Crippen MR) is 51.7 cm³/mol. The van der Waals surface area contributed by atoms with E-state index < -0.39 is 0 Å². The first kappa shape index (κ1) is 8.23. The van der Waals surface area contributed by atoms with Crippen LogP contribution in [0.5, 0.6) is 0 Å². The van der Waals surface area contributed by atoms with E-state index in [1.807, 2.05) is 29.8 Å². The van der Waals surface area contributed by atoms with Crippen molar-refractivity contribution in [1.29, 1.82) is 0 Å². The topological polar surface area (TPSA) is 30.2 Å². The van der Waals surface area contributed by atoms with Crippen LogP contribution in [-0.4, -0.2) is 14.6 Å². The molecule has 0 aliphatic carbocycles. The third-order valence-electron chi connectivity index (χ3n) is 2.00. The quantitative estimate of drug-likeness (QED) is 0.698. The number of rotatable bonds is 2. The van der Waals surface area contributed by atoms with Gasteiger partial charge in [-0.05, 0) is 25.5 Å². The van der Waals surface area contributed by atoms with Gasteiger partial charge in [-0.25, -0.2) is 9.50 Å². The molecule has 0 atom stereocenters. The Morgan fingerprint density at radius 2 is 2.23 bits per heavy atom. The Balaban J connectivity index is 2.48. The zero-order valence-electron chi connectivity index (χ0n) is 7.99. The van der Waals surface area contributed by atoms with Gasteiger partial charge in [0.2, 0.25) is 0 Å². The highest BCUT2D eigenvalue weighted by molar-refractivity contribution is 5.38. The van der Waals surface area contributed by atoms with Gasteiger partial charge in [0.05, 0.1) is 17.6 Å². The van der Waals surface area contributed by atoms with E-state index in [1.54, 1.807) is 0 Å². The van der Waals surface area contributed by atoms with Gasteiger partial charge in [0.1, 0.15) is 0 Å². The van der Waals surface area contributed by atoms with Crippen molar-refractivity contribution in [2.24, 2.45) is 0 Å². The lowest BCUT2D eigenvalue weighted by Crippen LogP contribution is -1.96. The number of nitrogens with zero attached hydrogens (tertiary/aromatic N) is 3. The number of hydrogen-bond donors (Lipinski definition) is 0. The zero-order chi connectivity index (χ0) is 9.26. The lowest BCUT2D eigenvalue weighted by molar-refractivity contribution is 0.809. The average Bonchev–Trinajstić information content (AvgIpc) is 2.44. The first-order valence-corrected chi connectivity index (χ1v) is 4.61. The fourth-order valence-electron chi connectivity index (χ4n) is 1.43. The van der Waals surface area contributed by atoms with Crippen molar-refractivity contribution in [2.45, 2.75) is 26.7 Å². The minimum absolute atomic E-state index is 0.928. The van der Waals surface area contributed by atoms with Gasteiger partial charge in [0.25, 0.3) is 0 Å². The lowest BCUT2D eigenvalue weighted by Gasteiger charge is -1.97. The molecule has 2 aromatic heterocycles. The van der Waals surface area contributed by atoms with Crippen LogP contribution < -0.4 is 0 Å². The van der Waals surface area contributed by atoms with E-state index in [2.05, 4.69) is 17.0 Å². The monoisotopic (exact) mass is 175 g/mol. The minimum atomic E-state index is 0.928. The molecule has 13 heavy (non-hydrogen) atoms. The van der Waals surface area contributed by atoms with Gasteiger partial charge in [-0.2, -0.15) is 5.10 Å². The molecule has 0 aromatic carbocycles. The fraction of sp³-hybridized carbons (Fsp3) is 0.400. The van der Waals surface area contributed by atoms with Gasteiger partial charge in [-0.3, -0.25) is 0 Å². The second-order valence-corrected chi connectivity index (χ2v) is 3.26. The number of aryl methyl sites for hydroxylation is 2. The van der Waals surface area contributed by atoms with Crippen molar-refractivity contribution >= 4 is 5.65 Å². The fourth-order valence-corrected chi connectivity index (χ4v) is 1.43. The van der Waals surface area contributed by atoms with E-state index in [9.17, 15) is 0 Å². The van der Waals surface area contributed by atoms with E-state index in [-0.39, 0.29) is 0 Å². The Bertz CT molecular complexity index is 417. The molecule has 0 amide bonds. The van der Waals surface area contributed by atoms with Gasteiger partial charge in [-0.15, -0.1) is 0 Å². The summed E-state index contributed by atoms with van der Waals surface area (Å²) in [5, 5.41) is 4.44. The molecule has 0 unspecified atom stereocenters. The summed E-state index contributed by atoms with van der Waals surface area (Å²) in [6, 6.07) is 4.07. The molecule has 0 saturated heterocycles. The Hall–Kier alpha value is -1.38. The van der Waals surface area contributed by atoms with Crippen LogP contribution in [0.25, 0.3) is 5.65 Å². The molecule has 68 valence electrons. The maximum atomic E-state index is 4.44. The Morgan fingerprint density at radius 1 is 1.38 bits per heavy atom. The maximum absolute atomic E-state index is 4.44. The molecule has 0 fully saturated rings. The lowest BCUT2D eigenvalue weighted by atomic mass is 10.2. The van der Waals surface area contributed by atoms with Gasteiger partial charge in [0.15, 0.2) is 5.65 Å². The third kappa shape index (κ3) is 1.54. The van der Waals surface area contributed by atoms with Crippen molar-refractivity contribution in [3.63, 3.8) is 0 Å². The molecule has 3 heteroatoms. The second-order valence-electron chi connectivity index (χ2n) is 3.26. The molecule has 0 aliphatic heterocycles. The van der Waals surface area contributed by atoms with E-state index in [4.69, 9.17) is 0 Å².